The van der Waals surface area contributed by atoms with Crippen LogP contribution in [0.5, 0.6) is 0 Å². The lowest BCUT2D eigenvalue weighted by Gasteiger charge is -2.08. The van der Waals surface area contributed by atoms with Crippen molar-refractivity contribution in [1.82, 2.24) is 10.6 Å². The van der Waals surface area contributed by atoms with Crippen molar-refractivity contribution in [2.45, 2.75) is 20.0 Å². The summed E-state index contributed by atoms with van der Waals surface area (Å²) in [6.07, 6.45) is 4.25. The molecule has 8 heavy (non-hydrogen) atoms. The van der Waals surface area contributed by atoms with E-state index in [4.69, 9.17) is 0 Å². The van der Waals surface area contributed by atoms with Crippen LogP contribution in [0.1, 0.15) is 13.8 Å². The van der Waals surface area contributed by atoms with Crippen LogP contribution in [0.15, 0.2) is 12.3 Å². The van der Waals surface area contributed by atoms with Gasteiger partial charge in [0.2, 0.25) is 0 Å². The highest BCUT2D eigenvalue weighted by Crippen LogP contribution is 1.70. The maximum absolute atomic E-state index is 3.09. The van der Waals surface area contributed by atoms with Crippen molar-refractivity contribution in [2.24, 2.45) is 0 Å². The smallest absolute Gasteiger partial charge is 0.0731 e. The third kappa shape index (κ3) is 3.68. The van der Waals surface area contributed by atoms with E-state index in [9.17, 15) is 0 Å². The lowest BCUT2D eigenvalue weighted by Crippen LogP contribution is -2.33. The molecule has 0 bridgehead atoms. The highest BCUT2D eigenvalue weighted by molar-refractivity contribution is 4.75. The Balaban J connectivity index is 3.10. The van der Waals surface area contributed by atoms with Crippen LogP contribution >= 0.6 is 0 Å². The Bertz CT molecular complexity index is 68.9. The van der Waals surface area contributed by atoms with Crippen LogP contribution in [0.3, 0.4) is 0 Å². The zero-order chi connectivity index (χ0) is 6.41. The van der Waals surface area contributed by atoms with Crippen LogP contribution in [0.4, 0.5) is 0 Å². The van der Waals surface area contributed by atoms with Crippen molar-refractivity contribution in [3.8, 4) is 0 Å². The molecule has 0 fully saturated rings. The number of hydrogen-bond acceptors (Lipinski definition) is 2. The molecule has 0 saturated heterocycles. The standard InChI is InChI=1S/C6H14N2/c1-4-5-8-6(2)7-3/h4-8H,1-3H3/b5-4-/t6-/m1/s1. The van der Waals surface area contributed by atoms with Gasteiger partial charge in [-0.3, -0.25) is 0 Å². The molecule has 0 saturated carbocycles. The summed E-state index contributed by atoms with van der Waals surface area (Å²) in [7, 11) is 1.92. The van der Waals surface area contributed by atoms with E-state index >= 15 is 0 Å². The average Bonchev–Trinajstić information content (AvgIpc) is 1.83. The highest BCUT2D eigenvalue weighted by Gasteiger charge is 1.86. The van der Waals surface area contributed by atoms with Crippen LogP contribution in [0, 0.1) is 0 Å². The minimum Gasteiger partial charge on any atom is -0.376 e. The van der Waals surface area contributed by atoms with E-state index in [0.717, 1.165) is 0 Å². The molecule has 0 aliphatic heterocycles. The van der Waals surface area contributed by atoms with E-state index in [2.05, 4.69) is 17.6 Å². The summed E-state index contributed by atoms with van der Waals surface area (Å²) in [5.41, 5.74) is 0. The van der Waals surface area contributed by atoms with Gasteiger partial charge in [0.05, 0.1) is 6.17 Å². The monoisotopic (exact) mass is 114 g/mol. The van der Waals surface area contributed by atoms with Gasteiger partial charge in [0.1, 0.15) is 0 Å². The predicted octanol–water partition coefficient (Wildman–Crippen LogP) is 0.675. The molecule has 0 aliphatic rings. The van der Waals surface area contributed by atoms with E-state index in [1.165, 1.54) is 0 Å². The van der Waals surface area contributed by atoms with Crippen LogP contribution < -0.4 is 10.6 Å². The molecule has 0 amide bonds. The minimum atomic E-state index is 0.367. The van der Waals surface area contributed by atoms with E-state index in [-0.39, 0.29) is 0 Å². The third-order valence-corrected chi connectivity index (χ3v) is 0.946. The first-order valence-electron chi connectivity index (χ1n) is 2.85. The van der Waals surface area contributed by atoms with Gasteiger partial charge in [-0.15, -0.1) is 0 Å². The molecule has 0 unspecified atom stereocenters. The first-order chi connectivity index (χ1) is 3.81. The lowest BCUT2D eigenvalue weighted by molar-refractivity contribution is 0.558. The Morgan fingerprint density at radius 2 is 2.12 bits per heavy atom. The molecule has 48 valence electrons. The lowest BCUT2D eigenvalue weighted by atomic mass is 10.5. The Morgan fingerprint density at radius 3 is 2.50 bits per heavy atom. The molecule has 0 aromatic rings. The van der Waals surface area contributed by atoms with Crippen molar-refractivity contribution < 1.29 is 0 Å². The SMILES string of the molecule is C/C=C\N[C@H](C)NC. The fourth-order valence-electron chi connectivity index (χ4n) is 0.324. The second-order valence-corrected chi connectivity index (χ2v) is 1.68. The summed E-state index contributed by atoms with van der Waals surface area (Å²) in [6.45, 7) is 4.04. The fraction of sp³-hybridized carbons (Fsp3) is 0.667. The summed E-state index contributed by atoms with van der Waals surface area (Å²) < 4.78 is 0. The summed E-state index contributed by atoms with van der Waals surface area (Å²) in [6, 6.07) is 0. The van der Waals surface area contributed by atoms with Crippen molar-refractivity contribution in [3.05, 3.63) is 12.3 Å². The molecule has 2 heteroatoms. The van der Waals surface area contributed by atoms with E-state index in [0.29, 0.717) is 6.17 Å². The van der Waals surface area contributed by atoms with Gasteiger partial charge in [0.15, 0.2) is 0 Å². The van der Waals surface area contributed by atoms with Gasteiger partial charge in [-0.25, -0.2) is 0 Å². The third-order valence-electron chi connectivity index (χ3n) is 0.946. The van der Waals surface area contributed by atoms with Gasteiger partial charge in [-0.1, -0.05) is 6.08 Å². The zero-order valence-corrected chi connectivity index (χ0v) is 5.73. The van der Waals surface area contributed by atoms with Gasteiger partial charge in [0, 0.05) is 0 Å². The second kappa shape index (κ2) is 4.65. The topological polar surface area (TPSA) is 24.1 Å². The number of hydrogen-bond donors (Lipinski definition) is 2. The minimum absolute atomic E-state index is 0.367. The summed E-state index contributed by atoms with van der Waals surface area (Å²) in [4.78, 5) is 0. The molecule has 0 aromatic heterocycles. The van der Waals surface area contributed by atoms with Gasteiger partial charge in [-0.05, 0) is 27.1 Å². The number of allylic oxidation sites excluding steroid dienone is 1. The molecule has 0 heterocycles. The molecule has 0 spiro atoms. The molecule has 0 radical (unpaired) electrons. The molecule has 0 aliphatic carbocycles. The second-order valence-electron chi connectivity index (χ2n) is 1.68. The molecule has 1 atom stereocenters. The Morgan fingerprint density at radius 1 is 1.50 bits per heavy atom. The van der Waals surface area contributed by atoms with Crippen molar-refractivity contribution >= 4 is 0 Å². The molecule has 0 rings (SSSR count). The Hall–Kier alpha value is -0.500. The normalized spacial score (nSPS) is 14.4. The fourth-order valence-corrected chi connectivity index (χ4v) is 0.324. The van der Waals surface area contributed by atoms with Crippen molar-refractivity contribution in [2.75, 3.05) is 7.05 Å². The van der Waals surface area contributed by atoms with Crippen LogP contribution in [0.25, 0.3) is 0 Å². The van der Waals surface area contributed by atoms with Gasteiger partial charge in [-0.2, -0.15) is 0 Å². The summed E-state index contributed by atoms with van der Waals surface area (Å²) in [5, 5.41) is 6.13. The van der Waals surface area contributed by atoms with E-state index < -0.39 is 0 Å². The Labute approximate surface area is 51.0 Å². The number of nitrogens with one attached hydrogen (secondary N) is 2. The molecular formula is C6H14N2. The largest absolute Gasteiger partial charge is 0.376 e. The number of rotatable bonds is 3. The predicted molar refractivity (Wildman–Crippen MR) is 36.5 cm³/mol. The first kappa shape index (κ1) is 7.50. The quantitative estimate of drug-likeness (QED) is 0.527. The van der Waals surface area contributed by atoms with E-state index in [1.54, 1.807) is 0 Å². The molecule has 2 nitrogen and oxygen atoms in total. The van der Waals surface area contributed by atoms with Gasteiger partial charge in [0.25, 0.3) is 0 Å². The molecular weight excluding hydrogens is 100 g/mol. The highest BCUT2D eigenvalue weighted by atomic mass is 15.1. The first-order valence-corrected chi connectivity index (χ1v) is 2.85. The maximum atomic E-state index is 3.09. The summed E-state index contributed by atoms with van der Waals surface area (Å²) in [5.74, 6) is 0. The molecule has 0 aromatic carbocycles. The van der Waals surface area contributed by atoms with Crippen LogP contribution in [-0.4, -0.2) is 13.2 Å². The zero-order valence-electron chi connectivity index (χ0n) is 5.73. The van der Waals surface area contributed by atoms with Gasteiger partial charge < -0.3 is 10.6 Å². The average molecular weight is 114 g/mol. The summed E-state index contributed by atoms with van der Waals surface area (Å²) >= 11 is 0. The van der Waals surface area contributed by atoms with Gasteiger partial charge >= 0.3 is 0 Å². The van der Waals surface area contributed by atoms with Crippen LogP contribution in [0.2, 0.25) is 0 Å². The van der Waals surface area contributed by atoms with Crippen molar-refractivity contribution in [3.63, 3.8) is 0 Å². The maximum Gasteiger partial charge on any atom is 0.0731 e. The Kier molecular flexibility index (Phi) is 4.36. The van der Waals surface area contributed by atoms with Crippen LogP contribution in [-0.2, 0) is 0 Å². The van der Waals surface area contributed by atoms with E-state index in [1.807, 2.05) is 26.2 Å². The van der Waals surface area contributed by atoms with Crippen molar-refractivity contribution in [1.29, 1.82) is 0 Å². The molecule has 2 N–H and O–H groups in total.